The van der Waals surface area contributed by atoms with Gasteiger partial charge in [-0.05, 0) is 6.42 Å². The molecule has 0 spiro atoms. The number of aliphatic hydroxyl groups is 1. The van der Waals surface area contributed by atoms with Gasteiger partial charge in [-0.15, -0.1) is 0 Å². The number of aliphatic hydroxyl groups excluding tert-OH is 1. The van der Waals surface area contributed by atoms with Crippen LogP contribution < -0.4 is 0 Å². The summed E-state index contributed by atoms with van der Waals surface area (Å²) < 4.78 is 0. The fourth-order valence-corrected chi connectivity index (χ4v) is 0.118. The molecule has 0 fully saturated rings. The first-order valence-corrected chi connectivity index (χ1v) is 2.07. The van der Waals surface area contributed by atoms with Gasteiger partial charge in [0, 0.05) is 0 Å². The molecule has 0 aromatic heterocycles. The normalized spacial score (nSPS) is 14.5. The van der Waals surface area contributed by atoms with E-state index in [2.05, 4.69) is 0 Å². The maximum Gasteiger partial charge on any atom is 0.108 e. The van der Waals surface area contributed by atoms with E-state index in [0.29, 0.717) is 6.42 Å². The summed E-state index contributed by atoms with van der Waals surface area (Å²) in [6, 6.07) is 0. The molecule has 0 aromatic rings. The maximum atomic E-state index is 9.61. The first-order chi connectivity index (χ1) is 2.81. The van der Waals surface area contributed by atoms with E-state index in [0.717, 1.165) is 0 Å². The smallest absolute Gasteiger partial charge is 0.108 e. The van der Waals surface area contributed by atoms with E-state index >= 15 is 0 Å². The Morgan fingerprint density at radius 2 is 2.33 bits per heavy atom. The SMILES string of the molecule is CC[C@@H](O)C[O]. The van der Waals surface area contributed by atoms with Crippen molar-refractivity contribution in [2.45, 2.75) is 19.4 Å². The van der Waals surface area contributed by atoms with Crippen LogP contribution in [0.15, 0.2) is 0 Å². The van der Waals surface area contributed by atoms with Gasteiger partial charge in [-0.3, -0.25) is 0 Å². The van der Waals surface area contributed by atoms with E-state index in [-0.39, 0.29) is 6.61 Å². The minimum absolute atomic E-state index is 0.365. The highest BCUT2D eigenvalue weighted by atomic mass is 16.3. The van der Waals surface area contributed by atoms with Gasteiger partial charge in [0.2, 0.25) is 0 Å². The summed E-state index contributed by atoms with van der Waals surface area (Å²) in [6.45, 7) is 1.42. The van der Waals surface area contributed by atoms with Crippen molar-refractivity contribution in [1.82, 2.24) is 0 Å². The lowest BCUT2D eigenvalue weighted by Gasteiger charge is -1.95. The molecular formula is C4H9O2. The van der Waals surface area contributed by atoms with Crippen LogP contribution in [0.25, 0.3) is 0 Å². The standard InChI is InChI=1S/C4H9O2/c1-2-4(6)3-5/h4,6H,2-3H2,1H3/t4-/m1/s1. The number of hydrogen-bond acceptors (Lipinski definition) is 1. The summed E-state index contributed by atoms with van der Waals surface area (Å²) in [5, 5.41) is 18.0. The molecule has 0 aliphatic heterocycles. The molecule has 0 unspecified atom stereocenters. The molecule has 6 heavy (non-hydrogen) atoms. The molecule has 1 N–H and O–H groups in total. The lowest BCUT2D eigenvalue weighted by atomic mass is 10.3. The Hall–Kier alpha value is -0.0800. The minimum atomic E-state index is -0.620. The Morgan fingerprint density at radius 1 is 1.83 bits per heavy atom. The molecule has 0 rings (SSSR count). The molecule has 2 nitrogen and oxygen atoms in total. The summed E-state index contributed by atoms with van der Waals surface area (Å²) in [5.74, 6) is 0. The Kier molecular flexibility index (Phi) is 3.08. The van der Waals surface area contributed by atoms with Crippen molar-refractivity contribution in [3.05, 3.63) is 0 Å². The summed E-state index contributed by atoms with van der Waals surface area (Å²) in [5.41, 5.74) is 0. The van der Waals surface area contributed by atoms with Gasteiger partial charge >= 0.3 is 0 Å². The summed E-state index contributed by atoms with van der Waals surface area (Å²) in [7, 11) is 0. The van der Waals surface area contributed by atoms with Crippen molar-refractivity contribution in [1.29, 1.82) is 0 Å². The quantitative estimate of drug-likeness (QED) is 0.515. The van der Waals surface area contributed by atoms with Crippen LogP contribution in [0.3, 0.4) is 0 Å². The summed E-state index contributed by atoms with van der Waals surface area (Å²) in [6.07, 6.45) is -0.0475. The van der Waals surface area contributed by atoms with E-state index in [1.54, 1.807) is 6.92 Å². The molecule has 0 aliphatic rings. The van der Waals surface area contributed by atoms with Gasteiger partial charge in [0.15, 0.2) is 0 Å². The Bertz CT molecular complexity index is 24.7. The van der Waals surface area contributed by atoms with Crippen LogP contribution in [-0.4, -0.2) is 17.8 Å². The van der Waals surface area contributed by atoms with Crippen LogP contribution in [0, 0.1) is 0 Å². The van der Waals surface area contributed by atoms with Crippen molar-refractivity contribution < 1.29 is 10.2 Å². The van der Waals surface area contributed by atoms with Crippen LogP contribution in [0.2, 0.25) is 0 Å². The van der Waals surface area contributed by atoms with Gasteiger partial charge in [-0.2, -0.15) is 0 Å². The van der Waals surface area contributed by atoms with Crippen LogP contribution in [0.4, 0.5) is 0 Å². The molecule has 0 aliphatic carbocycles. The molecule has 0 saturated heterocycles. The zero-order valence-corrected chi connectivity index (χ0v) is 3.85. The summed E-state index contributed by atoms with van der Waals surface area (Å²) in [4.78, 5) is 0. The molecule has 1 radical (unpaired) electrons. The fraction of sp³-hybridized carbons (Fsp3) is 1.00. The third-order valence-corrected chi connectivity index (χ3v) is 0.664. The average Bonchev–Trinajstić information content (AvgIpc) is 1.65. The topological polar surface area (TPSA) is 40.1 Å². The fourth-order valence-electron chi connectivity index (χ4n) is 0.118. The molecule has 37 valence electrons. The van der Waals surface area contributed by atoms with E-state index < -0.39 is 6.10 Å². The Morgan fingerprint density at radius 3 is 2.33 bits per heavy atom. The van der Waals surface area contributed by atoms with E-state index in [4.69, 9.17) is 5.11 Å². The lowest BCUT2D eigenvalue weighted by molar-refractivity contribution is 0.0533. The molecule has 2 heteroatoms. The molecular weight excluding hydrogens is 80.0 g/mol. The van der Waals surface area contributed by atoms with Crippen LogP contribution >= 0.6 is 0 Å². The molecule has 0 saturated carbocycles. The highest BCUT2D eigenvalue weighted by Crippen LogP contribution is 1.84. The van der Waals surface area contributed by atoms with Gasteiger partial charge in [-0.25, -0.2) is 5.11 Å². The van der Waals surface area contributed by atoms with Crippen LogP contribution in [0.1, 0.15) is 13.3 Å². The third-order valence-electron chi connectivity index (χ3n) is 0.664. The van der Waals surface area contributed by atoms with Gasteiger partial charge < -0.3 is 5.11 Å². The second-order valence-corrected chi connectivity index (χ2v) is 1.23. The molecule has 0 heterocycles. The average molecular weight is 89.1 g/mol. The van der Waals surface area contributed by atoms with Crippen molar-refractivity contribution >= 4 is 0 Å². The lowest BCUT2D eigenvalue weighted by Crippen LogP contribution is -2.07. The van der Waals surface area contributed by atoms with Crippen LogP contribution in [0.5, 0.6) is 0 Å². The first-order valence-electron chi connectivity index (χ1n) is 2.07. The highest BCUT2D eigenvalue weighted by molar-refractivity contribution is 4.43. The van der Waals surface area contributed by atoms with E-state index in [1.807, 2.05) is 0 Å². The molecule has 0 aromatic carbocycles. The Labute approximate surface area is 37.4 Å². The second kappa shape index (κ2) is 3.12. The molecule has 0 bridgehead atoms. The molecule has 1 atom stereocenters. The maximum absolute atomic E-state index is 9.61. The zero-order valence-electron chi connectivity index (χ0n) is 3.85. The Balaban J connectivity index is 2.75. The highest BCUT2D eigenvalue weighted by Gasteiger charge is 1.93. The predicted octanol–water partition coefficient (Wildman–Crippen LogP) is 0.188. The second-order valence-electron chi connectivity index (χ2n) is 1.23. The monoisotopic (exact) mass is 89.1 g/mol. The van der Waals surface area contributed by atoms with E-state index in [1.165, 1.54) is 0 Å². The number of rotatable bonds is 2. The summed E-state index contributed by atoms with van der Waals surface area (Å²) >= 11 is 0. The first kappa shape index (κ1) is 5.92. The van der Waals surface area contributed by atoms with Crippen molar-refractivity contribution in [2.75, 3.05) is 6.61 Å². The van der Waals surface area contributed by atoms with E-state index in [9.17, 15) is 5.11 Å². The predicted molar refractivity (Wildman–Crippen MR) is 21.9 cm³/mol. The molecule has 0 amide bonds. The van der Waals surface area contributed by atoms with Gasteiger partial charge in [0.1, 0.15) is 6.61 Å². The third kappa shape index (κ3) is 2.18. The van der Waals surface area contributed by atoms with Gasteiger partial charge in [0.25, 0.3) is 0 Å². The van der Waals surface area contributed by atoms with Gasteiger partial charge in [-0.1, -0.05) is 6.92 Å². The minimum Gasteiger partial charge on any atom is -0.391 e. The van der Waals surface area contributed by atoms with Crippen molar-refractivity contribution in [3.8, 4) is 0 Å². The zero-order chi connectivity index (χ0) is 4.99. The van der Waals surface area contributed by atoms with Crippen LogP contribution in [-0.2, 0) is 5.11 Å². The number of hydrogen-bond donors (Lipinski definition) is 1. The largest absolute Gasteiger partial charge is 0.391 e. The van der Waals surface area contributed by atoms with Crippen molar-refractivity contribution in [2.24, 2.45) is 0 Å². The van der Waals surface area contributed by atoms with Crippen molar-refractivity contribution in [3.63, 3.8) is 0 Å². The van der Waals surface area contributed by atoms with Gasteiger partial charge in [0.05, 0.1) is 6.10 Å².